The van der Waals surface area contributed by atoms with Gasteiger partial charge in [0.15, 0.2) is 0 Å². The first-order valence-corrected chi connectivity index (χ1v) is 6.86. The van der Waals surface area contributed by atoms with Crippen LogP contribution in [-0.4, -0.2) is 27.3 Å². The summed E-state index contributed by atoms with van der Waals surface area (Å²) in [6.45, 7) is 4.15. The summed E-state index contributed by atoms with van der Waals surface area (Å²) in [4.78, 5) is 0. The zero-order valence-electron chi connectivity index (χ0n) is 12.0. The molecular weight excluding hydrogens is 240 g/mol. The Balaban J connectivity index is 2.31. The molecule has 3 N–H and O–H groups in total. The number of nitrogens with two attached hydrogens (primary N) is 1. The maximum atomic E-state index is 6.48. The van der Waals surface area contributed by atoms with Crippen LogP contribution in [0.3, 0.4) is 0 Å². The fraction of sp³-hybridized carbons (Fsp3) is 0.600. The molecule has 4 nitrogen and oxygen atoms in total. The van der Waals surface area contributed by atoms with E-state index in [1.807, 2.05) is 12.1 Å². The second-order valence-corrected chi connectivity index (χ2v) is 5.19. The normalized spacial score (nSPS) is 20.9. The molecule has 2 atom stereocenters. The molecule has 1 fully saturated rings. The average Bonchev–Trinajstić information content (AvgIpc) is 2.46. The van der Waals surface area contributed by atoms with Crippen molar-refractivity contribution in [2.75, 3.05) is 27.3 Å². The standard InChI is InChI=1S/C15H24N2O2/c1-10-7-12(18-2)8-13(19-3)14(10)15(16)11-5-4-6-17-9-11/h7-8,11,15,17H,4-6,9,16H2,1-3H3. The molecule has 2 rings (SSSR count). The Kier molecular flexibility index (Phi) is 4.66. The number of hydrogen-bond acceptors (Lipinski definition) is 4. The van der Waals surface area contributed by atoms with Crippen LogP contribution >= 0.6 is 0 Å². The molecule has 0 bridgehead atoms. The Bertz CT molecular complexity index is 428. The highest BCUT2D eigenvalue weighted by atomic mass is 16.5. The Hall–Kier alpha value is -1.26. The van der Waals surface area contributed by atoms with E-state index in [9.17, 15) is 0 Å². The Morgan fingerprint density at radius 1 is 1.32 bits per heavy atom. The van der Waals surface area contributed by atoms with Gasteiger partial charge in [-0.25, -0.2) is 0 Å². The smallest absolute Gasteiger partial charge is 0.127 e. The van der Waals surface area contributed by atoms with Crippen molar-refractivity contribution >= 4 is 0 Å². The van der Waals surface area contributed by atoms with Crippen molar-refractivity contribution in [2.45, 2.75) is 25.8 Å². The molecule has 106 valence electrons. The number of piperidine rings is 1. The minimum Gasteiger partial charge on any atom is -0.497 e. The van der Waals surface area contributed by atoms with Gasteiger partial charge in [0.05, 0.1) is 14.2 Å². The van der Waals surface area contributed by atoms with E-state index >= 15 is 0 Å². The van der Waals surface area contributed by atoms with E-state index in [0.29, 0.717) is 5.92 Å². The summed E-state index contributed by atoms with van der Waals surface area (Å²) in [5.41, 5.74) is 8.72. The van der Waals surface area contributed by atoms with Gasteiger partial charge in [0, 0.05) is 17.7 Å². The summed E-state index contributed by atoms with van der Waals surface area (Å²) in [6.07, 6.45) is 2.36. The van der Waals surface area contributed by atoms with E-state index in [2.05, 4.69) is 12.2 Å². The minimum atomic E-state index is 0.00801. The highest BCUT2D eigenvalue weighted by Gasteiger charge is 2.26. The van der Waals surface area contributed by atoms with Gasteiger partial charge in [0.2, 0.25) is 0 Å². The second-order valence-electron chi connectivity index (χ2n) is 5.19. The van der Waals surface area contributed by atoms with Gasteiger partial charge in [0.1, 0.15) is 11.5 Å². The summed E-state index contributed by atoms with van der Waals surface area (Å²) in [6, 6.07) is 3.94. The lowest BCUT2D eigenvalue weighted by molar-refractivity contribution is 0.315. The lowest BCUT2D eigenvalue weighted by Gasteiger charge is -2.30. The molecule has 0 amide bonds. The van der Waals surface area contributed by atoms with Crippen molar-refractivity contribution in [3.05, 3.63) is 23.3 Å². The maximum Gasteiger partial charge on any atom is 0.127 e. The number of hydrogen-bond donors (Lipinski definition) is 2. The molecule has 1 aliphatic heterocycles. The minimum absolute atomic E-state index is 0.00801. The number of ether oxygens (including phenoxy) is 2. The number of nitrogens with one attached hydrogen (secondary N) is 1. The van der Waals surface area contributed by atoms with Crippen LogP contribution in [0.25, 0.3) is 0 Å². The summed E-state index contributed by atoms with van der Waals surface area (Å²) >= 11 is 0. The molecule has 0 saturated carbocycles. The zero-order valence-corrected chi connectivity index (χ0v) is 12.0. The van der Waals surface area contributed by atoms with E-state index in [-0.39, 0.29) is 6.04 Å². The van der Waals surface area contributed by atoms with Gasteiger partial charge in [0.25, 0.3) is 0 Å². The van der Waals surface area contributed by atoms with E-state index in [1.54, 1.807) is 14.2 Å². The number of rotatable bonds is 4. The Labute approximate surface area is 115 Å². The molecule has 0 aromatic heterocycles. The first-order chi connectivity index (χ1) is 9.17. The van der Waals surface area contributed by atoms with Crippen molar-refractivity contribution in [3.8, 4) is 11.5 Å². The number of methoxy groups -OCH3 is 2. The molecule has 1 aromatic rings. The fourth-order valence-corrected chi connectivity index (χ4v) is 2.87. The van der Waals surface area contributed by atoms with Crippen LogP contribution in [0.15, 0.2) is 12.1 Å². The van der Waals surface area contributed by atoms with Crippen LogP contribution in [0.1, 0.15) is 30.0 Å². The molecule has 4 heteroatoms. The van der Waals surface area contributed by atoms with Crippen molar-refractivity contribution in [1.82, 2.24) is 5.32 Å². The maximum absolute atomic E-state index is 6.48. The Morgan fingerprint density at radius 2 is 2.11 bits per heavy atom. The molecule has 0 spiro atoms. The third-order valence-corrected chi connectivity index (χ3v) is 3.95. The SMILES string of the molecule is COc1cc(C)c(C(N)C2CCCNC2)c(OC)c1. The number of benzene rings is 1. The third-order valence-electron chi connectivity index (χ3n) is 3.95. The van der Waals surface area contributed by atoms with Gasteiger partial charge in [-0.3, -0.25) is 0 Å². The van der Waals surface area contributed by atoms with Crippen LogP contribution in [-0.2, 0) is 0 Å². The summed E-state index contributed by atoms with van der Waals surface area (Å²) in [5, 5.41) is 3.42. The largest absolute Gasteiger partial charge is 0.497 e. The summed E-state index contributed by atoms with van der Waals surface area (Å²) < 4.78 is 10.8. The van der Waals surface area contributed by atoms with Crippen LogP contribution in [0.2, 0.25) is 0 Å². The van der Waals surface area contributed by atoms with E-state index in [1.165, 1.54) is 12.8 Å². The molecule has 0 aliphatic carbocycles. The van der Waals surface area contributed by atoms with Crippen molar-refractivity contribution in [3.63, 3.8) is 0 Å². The number of aryl methyl sites for hydroxylation is 1. The molecule has 1 heterocycles. The predicted molar refractivity (Wildman–Crippen MR) is 76.8 cm³/mol. The van der Waals surface area contributed by atoms with Crippen LogP contribution in [0, 0.1) is 12.8 Å². The summed E-state index contributed by atoms with van der Waals surface area (Å²) in [7, 11) is 3.35. The lowest BCUT2D eigenvalue weighted by Crippen LogP contribution is -2.36. The van der Waals surface area contributed by atoms with Crippen molar-refractivity contribution in [2.24, 2.45) is 11.7 Å². The van der Waals surface area contributed by atoms with Gasteiger partial charge < -0.3 is 20.5 Å². The molecule has 1 aliphatic rings. The van der Waals surface area contributed by atoms with E-state index in [0.717, 1.165) is 35.7 Å². The monoisotopic (exact) mass is 264 g/mol. The first kappa shape index (κ1) is 14.2. The molecule has 0 radical (unpaired) electrons. The molecule has 2 unspecified atom stereocenters. The zero-order chi connectivity index (χ0) is 13.8. The predicted octanol–water partition coefficient (Wildman–Crippen LogP) is 2.01. The van der Waals surface area contributed by atoms with E-state index < -0.39 is 0 Å². The van der Waals surface area contributed by atoms with Crippen LogP contribution in [0.5, 0.6) is 11.5 Å². The van der Waals surface area contributed by atoms with Crippen molar-refractivity contribution < 1.29 is 9.47 Å². The van der Waals surface area contributed by atoms with Gasteiger partial charge >= 0.3 is 0 Å². The quantitative estimate of drug-likeness (QED) is 0.873. The Morgan fingerprint density at radius 3 is 2.68 bits per heavy atom. The second kappa shape index (κ2) is 6.26. The first-order valence-electron chi connectivity index (χ1n) is 6.86. The van der Waals surface area contributed by atoms with Crippen molar-refractivity contribution in [1.29, 1.82) is 0 Å². The van der Waals surface area contributed by atoms with Gasteiger partial charge in [-0.05, 0) is 50.4 Å². The van der Waals surface area contributed by atoms with Gasteiger partial charge in [-0.15, -0.1) is 0 Å². The molecule has 1 saturated heterocycles. The van der Waals surface area contributed by atoms with Gasteiger partial charge in [-0.1, -0.05) is 0 Å². The highest BCUT2D eigenvalue weighted by molar-refractivity contribution is 5.48. The lowest BCUT2D eigenvalue weighted by atomic mass is 9.85. The molecule has 1 aromatic carbocycles. The molecule has 19 heavy (non-hydrogen) atoms. The van der Waals surface area contributed by atoms with Crippen LogP contribution < -0.4 is 20.5 Å². The summed E-state index contributed by atoms with van der Waals surface area (Å²) in [5.74, 6) is 2.11. The molecular formula is C15H24N2O2. The average molecular weight is 264 g/mol. The topological polar surface area (TPSA) is 56.5 Å². The highest BCUT2D eigenvalue weighted by Crippen LogP contribution is 2.36. The third kappa shape index (κ3) is 3.01. The van der Waals surface area contributed by atoms with E-state index in [4.69, 9.17) is 15.2 Å². The van der Waals surface area contributed by atoms with Gasteiger partial charge in [-0.2, -0.15) is 0 Å². The fourth-order valence-electron chi connectivity index (χ4n) is 2.87. The van der Waals surface area contributed by atoms with Crippen LogP contribution in [0.4, 0.5) is 0 Å².